The molecule has 1 aromatic carbocycles. The number of anilines is 1. The van der Waals surface area contributed by atoms with Crippen molar-refractivity contribution in [1.82, 2.24) is 5.32 Å². The molecule has 1 saturated carbocycles. The Labute approximate surface area is 133 Å². The van der Waals surface area contributed by atoms with E-state index >= 15 is 0 Å². The molecule has 0 saturated heterocycles. The van der Waals surface area contributed by atoms with Crippen LogP contribution in [0.15, 0.2) is 18.2 Å². The number of benzene rings is 1. The van der Waals surface area contributed by atoms with Crippen molar-refractivity contribution in [2.24, 2.45) is 5.92 Å². The Morgan fingerprint density at radius 1 is 1.18 bits per heavy atom. The summed E-state index contributed by atoms with van der Waals surface area (Å²) in [4.78, 5) is 12.2. The average molecular weight is 300 g/mol. The van der Waals surface area contributed by atoms with Crippen LogP contribution in [-0.2, 0) is 11.2 Å². The average Bonchev–Trinajstić information content (AvgIpc) is 3.00. The van der Waals surface area contributed by atoms with Gasteiger partial charge in [-0.15, -0.1) is 0 Å². The zero-order valence-corrected chi connectivity index (χ0v) is 13.4. The summed E-state index contributed by atoms with van der Waals surface area (Å²) in [5.41, 5.74) is 9.26. The summed E-state index contributed by atoms with van der Waals surface area (Å²) in [6.45, 7) is 0. The van der Waals surface area contributed by atoms with E-state index in [4.69, 9.17) is 5.73 Å². The van der Waals surface area contributed by atoms with Crippen LogP contribution < -0.4 is 11.1 Å². The summed E-state index contributed by atoms with van der Waals surface area (Å²) in [6, 6.07) is 6.29. The number of hydrogen-bond acceptors (Lipinski definition) is 2. The molecule has 2 aliphatic carbocycles. The minimum atomic E-state index is 0.184. The smallest absolute Gasteiger partial charge is 0.220 e. The Kier molecular flexibility index (Phi) is 5.01. The lowest BCUT2D eigenvalue weighted by molar-refractivity contribution is -0.122. The number of nitrogen functional groups attached to an aromatic ring is 1. The Balaban J connectivity index is 1.49. The van der Waals surface area contributed by atoms with Gasteiger partial charge in [0.1, 0.15) is 0 Å². The fourth-order valence-corrected chi connectivity index (χ4v) is 4.10. The Hall–Kier alpha value is -1.51. The van der Waals surface area contributed by atoms with Crippen LogP contribution in [0.3, 0.4) is 0 Å². The van der Waals surface area contributed by atoms with Crippen LogP contribution in [0.4, 0.5) is 5.69 Å². The van der Waals surface area contributed by atoms with Crippen LogP contribution in [0.2, 0.25) is 0 Å². The molecule has 0 aromatic heterocycles. The maximum Gasteiger partial charge on any atom is 0.220 e. The highest BCUT2D eigenvalue weighted by molar-refractivity contribution is 5.76. The van der Waals surface area contributed by atoms with Gasteiger partial charge in [-0.3, -0.25) is 4.79 Å². The number of carbonyl (C=O) groups excluding carboxylic acids is 1. The lowest BCUT2D eigenvalue weighted by atomic mass is 9.87. The molecule has 3 nitrogen and oxygen atoms in total. The van der Waals surface area contributed by atoms with Crippen molar-refractivity contribution in [1.29, 1.82) is 0 Å². The SMILES string of the molecule is Nc1ccc2c(c1)CCCC2NC(=O)CCCC1CCCC1. The van der Waals surface area contributed by atoms with Gasteiger partial charge in [-0.25, -0.2) is 0 Å². The van der Waals surface area contributed by atoms with E-state index < -0.39 is 0 Å². The molecule has 1 fully saturated rings. The molecule has 22 heavy (non-hydrogen) atoms. The third kappa shape index (κ3) is 3.82. The summed E-state index contributed by atoms with van der Waals surface area (Å²) < 4.78 is 0. The van der Waals surface area contributed by atoms with Gasteiger partial charge in [0.05, 0.1) is 6.04 Å². The quantitative estimate of drug-likeness (QED) is 0.804. The number of rotatable bonds is 5. The highest BCUT2D eigenvalue weighted by Crippen LogP contribution is 2.31. The second-order valence-corrected chi connectivity index (χ2v) is 7.01. The van der Waals surface area contributed by atoms with Crippen molar-refractivity contribution in [3.05, 3.63) is 29.3 Å². The normalized spacial score (nSPS) is 21.5. The number of carbonyl (C=O) groups is 1. The Bertz CT molecular complexity index is 520. The van der Waals surface area contributed by atoms with Crippen molar-refractivity contribution >= 4 is 11.6 Å². The van der Waals surface area contributed by atoms with Gasteiger partial charge < -0.3 is 11.1 Å². The maximum absolute atomic E-state index is 12.2. The summed E-state index contributed by atoms with van der Waals surface area (Å²) in [6.07, 6.45) is 11.7. The molecule has 120 valence electrons. The molecule has 0 bridgehead atoms. The third-order valence-electron chi connectivity index (χ3n) is 5.31. The molecule has 2 aliphatic rings. The van der Waals surface area contributed by atoms with E-state index in [1.165, 1.54) is 43.2 Å². The zero-order chi connectivity index (χ0) is 15.4. The Morgan fingerprint density at radius 3 is 2.82 bits per heavy atom. The first-order chi connectivity index (χ1) is 10.7. The first kappa shape index (κ1) is 15.4. The van der Waals surface area contributed by atoms with E-state index in [-0.39, 0.29) is 11.9 Å². The molecular weight excluding hydrogens is 272 g/mol. The summed E-state index contributed by atoms with van der Waals surface area (Å²) >= 11 is 0. The van der Waals surface area contributed by atoms with Crippen LogP contribution in [-0.4, -0.2) is 5.91 Å². The topological polar surface area (TPSA) is 55.1 Å². The highest BCUT2D eigenvalue weighted by Gasteiger charge is 2.22. The molecule has 1 aromatic rings. The fraction of sp³-hybridized carbons (Fsp3) is 0.632. The van der Waals surface area contributed by atoms with Crippen LogP contribution in [0, 0.1) is 5.92 Å². The number of hydrogen-bond donors (Lipinski definition) is 2. The van der Waals surface area contributed by atoms with Gasteiger partial charge in [-0.05, 0) is 61.3 Å². The molecule has 0 spiro atoms. The molecule has 0 aliphatic heterocycles. The van der Waals surface area contributed by atoms with Crippen LogP contribution in [0.1, 0.15) is 75.0 Å². The Morgan fingerprint density at radius 2 is 2.00 bits per heavy atom. The van der Waals surface area contributed by atoms with Crippen molar-refractivity contribution < 1.29 is 4.79 Å². The number of nitrogens with two attached hydrogens (primary N) is 1. The minimum absolute atomic E-state index is 0.184. The molecule has 3 rings (SSSR count). The van der Waals surface area contributed by atoms with E-state index in [1.807, 2.05) is 6.07 Å². The van der Waals surface area contributed by atoms with Crippen LogP contribution in [0.25, 0.3) is 0 Å². The largest absolute Gasteiger partial charge is 0.399 e. The monoisotopic (exact) mass is 300 g/mol. The number of nitrogens with one attached hydrogen (secondary N) is 1. The second-order valence-electron chi connectivity index (χ2n) is 7.01. The zero-order valence-electron chi connectivity index (χ0n) is 13.4. The summed E-state index contributed by atoms with van der Waals surface area (Å²) in [5, 5.41) is 3.24. The summed E-state index contributed by atoms with van der Waals surface area (Å²) in [7, 11) is 0. The van der Waals surface area contributed by atoms with Crippen molar-refractivity contribution in [2.45, 2.75) is 70.3 Å². The second kappa shape index (κ2) is 7.17. The lowest BCUT2D eigenvalue weighted by Crippen LogP contribution is -2.30. The fourth-order valence-electron chi connectivity index (χ4n) is 4.10. The minimum Gasteiger partial charge on any atom is -0.399 e. The van der Waals surface area contributed by atoms with Gasteiger partial charge >= 0.3 is 0 Å². The lowest BCUT2D eigenvalue weighted by Gasteiger charge is -2.26. The molecule has 3 heteroatoms. The van der Waals surface area contributed by atoms with Gasteiger partial charge in [0.25, 0.3) is 0 Å². The van der Waals surface area contributed by atoms with Crippen molar-refractivity contribution in [3.63, 3.8) is 0 Å². The molecule has 1 amide bonds. The van der Waals surface area contributed by atoms with E-state index in [1.54, 1.807) is 0 Å². The molecule has 0 radical (unpaired) electrons. The highest BCUT2D eigenvalue weighted by atomic mass is 16.1. The molecule has 1 unspecified atom stereocenters. The van der Waals surface area contributed by atoms with Crippen molar-refractivity contribution in [3.8, 4) is 0 Å². The first-order valence-corrected chi connectivity index (χ1v) is 8.90. The first-order valence-electron chi connectivity index (χ1n) is 8.90. The third-order valence-corrected chi connectivity index (χ3v) is 5.31. The maximum atomic E-state index is 12.2. The molecule has 3 N–H and O–H groups in total. The molecule has 0 heterocycles. The summed E-state index contributed by atoms with van der Waals surface area (Å²) in [5.74, 6) is 1.10. The van der Waals surface area contributed by atoms with E-state index in [0.29, 0.717) is 6.42 Å². The number of aryl methyl sites for hydroxylation is 1. The van der Waals surface area contributed by atoms with Gasteiger partial charge in [0.15, 0.2) is 0 Å². The van der Waals surface area contributed by atoms with E-state index in [0.717, 1.165) is 37.3 Å². The molecule has 1 atom stereocenters. The van der Waals surface area contributed by atoms with Crippen LogP contribution >= 0.6 is 0 Å². The van der Waals surface area contributed by atoms with Gasteiger partial charge in [-0.1, -0.05) is 31.7 Å². The van der Waals surface area contributed by atoms with Crippen LogP contribution in [0.5, 0.6) is 0 Å². The predicted molar refractivity (Wildman–Crippen MR) is 90.5 cm³/mol. The predicted octanol–water partition coefficient (Wildman–Crippen LogP) is 4.12. The standard InChI is InChI=1S/C19H28N2O/c20-16-11-12-17-15(13-16)8-4-9-18(17)21-19(22)10-3-7-14-5-1-2-6-14/h11-14,18H,1-10,20H2,(H,21,22). The van der Waals surface area contributed by atoms with Crippen molar-refractivity contribution in [2.75, 3.05) is 5.73 Å². The van der Waals surface area contributed by atoms with Gasteiger partial charge in [-0.2, -0.15) is 0 Å². The molecular formula is C19H28N2O. The number of amides is 1. The number of fused-ring (bicyclic) bond motifs is 1. The van der Waals surface area contributed by atoms with E-state index in [2.05, 4.69) is 17.4 Å². The van der Waals surface area contributed by atoms with Gasteiger partial charge in [0.2, 0.25) is 5.91 Å². The van der Waals surface area contributed by atoms with E-state index in [9.17, 15) is 4.79 Å². The van der Waals surface area contributed by atoms with Gasteiger partial charge in [0, 0.05) is 12.1 Å².